The third-order valence-corrected chi connectivity index (χ3v) is 7.97. The van der Waals surface area contributed by atoms with E-state index in [1.807, 2.05) is 24.3 Å². The van der Waals surface area contributed by atoms with E-state index in [0.717, 1.165) is 37.9 Å². The van der Waals surface area contributed by atoms with Crippen molar-refractivity contribution in [2.24, 2.45) is 16.7 Å². The first-order chi connectivity index (χ1) is 16.6. The molecule has 0 unspecified atom stereocenters. The number of rotatable bonds is 6. The first kappa shape index (κ1) is 25.1. The summed E-state index contributed by atoms with van der Waals surface area (Å²) in [6, 6.07) is 14.7. The Kier molecular flexibility index (Phi) is 6.83. The molecule has 6 nitrogen and oxygen atoms in total. The molecule has 0 spiro atoms. The highest BCUT2D eigenvalue weighted by Gasteiger charge is 2.64. The second-order valence-corrected chi connectivity index (χ2v) is 11.2. The molecule has 0 aromatic heterocycles. The van der Waals surface area contributed by atoms with Crippen molar-refractivity contribution < 1.29 is 14.3 Å². The number of hydrogen-bond acceptors (Lipinski definition) is 5. The van der Waals surface area contributed by atoms with Crippen LogP contribution in [0.5, 0.6) is 5.75 Å². The van der Waals surface area contributed by atoms with Gasteiger partial charge in [-0.2, -0.15) is 5.26 Å². The first-order valence-corrected chi connectivity index (χ1v) is 12.4. The zero-order chi connectivity index (χ0) is 25.4. The summed E-state index contributed by atoms with van der Waals surface area (Å²) in [6.45, 7) is 10.1. The number of nitrogens with one attached hydrogen (secondary N) is 1. The topological polar surface area (TPSA) is 82.4 Å². The maximum atomic E-state index is 13.1. The molecule has 0 radical (unpaired) electrons. The number of hydrogen-bond donors (Lipinski definition) is 1. The molecule has 2 aromatic rings. The van der Waals surface area contributed by atoms with Gasteiger partial charge in [0.25, 0.3) is 5.91 Å². The maximum absolute atomic E-state index is 13.1. The van der Waals surface area contributed by atoms with Crippen LogP contribution in [0.25, 0.3) is 0 Å². The van der Waals surface area contributed by atoms with E-state index in [9.17, 15) is 9.59 Å². The fourth-order valence-corrected chi connectivity index (χ4v) is 6.14. The molecule has 1 saturated heterocycles. The third-order valence-electron chi connectivity index (χ3n) is 7.66. The van der Waals surface area contributed by atoms with Crippen molar-refractivity contribution in [3.63, 3.8) is 0 Å². The molecule has 0 bridgehead atoms. The van der Waals surface area contributed by atoms with Gasteiger partial charge < -0.3 is 19.7 Å². The minimum absolute atomic E-state index is 0.0941. The fourth-order valence-electron chi connectivity index (χ4n) is 5.93. The fraction of sp³-hybridized carbons (Fsp3) is 0.464. The molecule has 2 aromatic carbocycles. The summed E-state index contributed by atoms with van der Waals surface area (Å²) in [5, 5.41) is 12.7. The van der Waals surface area contributed by atoms with Crippen LogP contribution in [0.3, 0.4) is 0 Å². The Labute approximate surface area is 212 Å². The number of nitriles is 1. The smallest absolute Gasteiger partial charge is 0.251 e. The second-order valence-electron chi connectivity index (χ2n) is 10.8. The van der Waals surface area contributed by atoms with Crippen molar-refractivity contribution in [1.82, 2.24) is 5.32 Å². The van der Waals surface area contributed by atoms with Crippen molar-refractivity contribution >= 4 is 29.5 Å². The molecule has 7 heteroatoms. The minimum Gasteiger partial charge on any atom is -0.489 e. The van der Waals surface area contributed by atoms with Crippen LogP contribution >= 0.6 is 11.6 Å². The Bertz CT molecular complexity index is 1130. The number of ether oxygens (including phenoxy) is 1. The van der Waals surface area contributed by atoms with Crippen LogP contribution in [0.4, 0.5) is 5.69 Å². The van der Waals surface area contributed by atoms with E-state index in [-0.39, 0.29) is 34.8 Å². The number of amides is 1. The zero-order valence-corrected chi connectivity index (χ0v) is 21.4. The average molecular weight is 494 g/mol. The quantitative estimate of drug-likeness (QED) is 0.556. The minimum atomic E-state index is -0.317. The molecule has 1 aliphatic heterocycles. The molecule has 35 heavy (non-hydrogen) atoms. The predicted octanol–water partition coefficient (Wildman–Crippen LogP) is 5.24. The van der Waals surface area contributed by atoms with E-state index in [1.54, 1.807) is 18.2 Å². The third kappa shape index (κ3) is 4.75. The number of anilines is 1. The maximum Gasteiger partial charge on any atom is 0.251 e. The molecule has 4 rings (SSSR count). The van der Waals surface area contributed by atoms with Gasteiger partial charge in [0.1, 0.15) is 24.2 Å². The number of aldehydes is 1. The normalized spacial score (nSPS) is 23.0. The van der Waals surface area contributed by atoms with E-state index in [4.69, 9.17) is 21.6 Å². The van der Waals surface area contributed by atoms with E-state index in [1.165, 1.54) is 0 Å². The number of benzene rings is 2. The van der Waals surface area contributed by atoms with Crippen molar-refractivity contribution in [3.05, 3.63) is 58.6 Å². The molecule has 1 N–H and O–H groups in total. The number of carbonyl (C=O) groups is 2. The molecule has 0 atom stereocenters. The van der Waals surface area contributed by atoms with Crippen molar-refractivity contribution in [2.45, 2.75) is 52.7 Å². The summed E-state index contributed by atoms with van der Waals surface area (Å²) < 4.78 is 6.30. The summed E-state index contributed by atoms with van der Waals surface area (Å²) in [5.41, 5.74) is 1.47. The Hall–Kier alpha value is -3.04. The molecule has 1 heterocycles. The first-order valence-electron chi connectivity index (χ1n) is 12.1. The highest BCUT2D eigenvalue weighted by molar-refractivity contribution is 6.31. The van der Waals surface area contributed by atoms with Crippen LogP contribution in [0, 0.1) is 28.1 Å². The SMILES string of the molecule is CC1(C)C(NC(=O)c2ccc(N3CCC(C=O)CC3)cc2)C(C)(C)C1Oc1ccc(C#N)c(Cl)c1. The van der Waals surface area contributed by atoms with E-state index < -0.39 is 0 Å². The van der Waals surface area contributed by atoms with Gasteiger partial charge >= 0.3 is 0 Å². The molecular formula is C28H32ClN3O3. The van der Waals surface area contributed by atoms with Gasteiger partial charge in [0.05, 0.1) is 10.6 Å². The van der Waals surface area contributed by atoms with Crippen LogP contribution in [-0.2, 0) is 4.79 Å². The van der Waals surface area contributed by atoms with Crippen LogP contribution in [0.2, 0.25) is 5.02 Å². The van der Waals surface area contributed by atoms with Gasteiger partial charge in [-0.05, 0) is 49.2 Å². The molecule has 1 aliphatic carbocycles. The van der Waals surface area contributed by atoms with Crippen molar-refractivity contribution in [1.29, 1.82) is 5.26 Å². The molecular weight excluding hydrogens is 462 g/mol. The number of halogens is 1. The molecule has 1 amide bonds. The summed E-state index contributed by atoms with van der Waals surface area (Å²) in [4.78, 5) is 26.4. The summed E-state index contributed by atoms with van der Waals surface area (Å²) in [7, 11) is 0. The molecule has 1 saturated carbocycles. The molecule has 2 aliphatic rings. The van der Waals surface area contributed by atoms with Gasteiger partial charge in [0.2, 0.25) is 0 Å². The van der Waals surface area contributed by atoms with Crippen LogP contribution < -0.4 is 15.0 Å². The van der Waals surface area contributed by atoms with Gasteiger partial charge in [-0.25, -0.2) is 0 Å². The average Bonchev–Trinajstić information content (AvgIpc) is 2.85. The van der Waals surface area contributed by atoms with Gasteiger partial charge in [0.15, 0.2) is 0 Å². The highest BCUT2D eigenvalue weighted by atomic mass is 35.5. The van der Waals surface area contributed by atoms with Crippen molar-refractivity contribution in [3.8, 4) is 11.8 Å². The monoisotopic (exact) mass is 493 g/mol. The van der Waals surface area contributed by atoms with E-state index >= 15 is 0 Å². The highest BCUT2D eigenvalue weighted by Crippen LogP contribution is 2.55. The second kappa shape index (κ2) is 9.54. The lowest BCUT2D eigenvalue weighted by Crippen LogP contribution is -2.74. The number of carbonyl (C=O) groups excluding carboxylic acids is 2. The summed E-state index contributed by atoms with van der Waals surface area (Å²) >= 11 is 6.18. The van der Waals surface area contributed by atoms with Crippen molar-refractivity contribution in [2.75, 3.05) is 18.0 Å². The lowest BCUT2D eigenvalue weighted by Gasteiger charge is -2.63. The Morgan fingerprint density at radius 3 is 2.29 bits per heavy atom. The molecule has 2 fully saturated rings. The largest absolute Gasteiger partial charge is 0.489 e. The Morgan fingerprint density at radius 2 is 1.74 bits per heavy atom. The molecule has 184 valence electrons. The Balaban J connectivity index is 1.41. The summed E-state index contributed by atoms with van der Waals surface area (Å²) in [5.74, 6) is 0.659. The van der Waals surface area contributed by atoms with Gasteiger partial charge in [-0.1, -0.05) is 39.3 Å². The van der Waals surface area contributed by atoms with E-state index in [2.05, 4.69) is 44.0 Å². The zero-order valence-electron chi connectivity index (χ0n) is 20.7. The van der Waals surface area contributed by atoms with Gasteiger partial charge in [-0.15, -0.1) is 0 Å². The number of piperidine rings is 1. The van der Waals surface area contributed by atoms with Gasteiger partial charge in [0, 0.05) is 53.2 Å². The van der Waals surface area contributed by atoms with Gasteiger partial charge in [-0.3, -0.25) is 4.79 Å². The predicted molar refractivity (Wildman–Crippen MR) is 137 cm³/mol. The van der Waals surface area contributed by atoms with E-state index in [0.29, 0.717) is 21.9 Å². The summed E-state index contributed by atoms with van der Waals surface area (Å²) in [6.07, 6.45) is 2.65. The van der Waals surface area contributed by atoms with Crippen LogP contribution in [0.15, 0.2) is 42.5 Å². The van der Waals surface area contributed by atoms with Crippen LogP contribution in [-0.4, -0.2) is 37.4 Å². The Morgan fingerprint density at radius 1 is 1.11 bits per heavy atom. The lowest BCUT2D eigenvalue weighted by molar-refractivity contribution is -0.164. The number of nitrogens with zero attached hydrogens (tertiary/aromatic N) is 2. The standard InChI is InChI=1S/C28H32ClN3O3/c1-27(2)25(28(3,4)26(27)35-22-10-7-20(16-30)23(29)15-22)31-24(34)19-5-8-21(9-6-19)32-13-11-18(17-33)12-14-32/h5-10,15,17-18,25-26H,11-14H2,1-4H3,(H,31,34). The van der Waals surface area contributed by atoms with Crippen LogP contribution in [0.1, 0.15) is 56.5 Å². The lowest BCUT2D eigenvalue weighted by atomic mass is 9.49.